The van der Waals surface area contributed by atoms with Crippen LogP contribution in [0.4, 0.5) is 0 Å². The van der Waals surface area contributed by atoms with Crippen LogP contribution in [-0.2, 0) is 0 Å². The van der Waals surface area contributed by atoms with Crippen LogP contribution in [0, 0.1) is 0 Å². The first-order valence-electron chi connectivity index (χ1n) is 6.43. The van der Waals surface area contributed by atoms with Gasteiger partial charge in [0.05, 0.1) is 0 Å². The number of nitrogens with one attached hydrogen (secondary N) is 1. The van der Waals surface area contributed by atoms with Crippen LogP contribution in [0.3, 0.4) is 0 Å². The molecular weight excluding hydrogens is 302 g/mol. The van der Waals surface area contributed by atoms with Gasteiger partial charge >= 0.3 is 0 Å². The van der Waals surface area contributed by atoms with Gasteiger partial charge in [0.15, 0.2) is 0 Å². The van der Waals surface area contributed by atoms with E-state index in [9.17, 15) is 0 Å². The summed E-state index contributed by atoms with van der Waals surface area (Å²) in [5, 5.41) is 3.30. The maximum atomic E-state index is 5.79. The van der Waals surface area contributed by atoms with Gasteiger partial charge in [-0.25, -0.2) is 0 Å². The average molecular weight is 320 g/mol. The molecule has 2 aromatic rings. The molecule has 2 rings (SSSR count). The third kappa shape index (κ3) is 3.82. The second-order valence-electron chi connectivity index (χ2n) is 4.37. The zero-order valence-electron chi connectivity index (χ0n) is 11.2. The molecule has 1 atom stereocenters. The van der Waals surface area contributed by atoms with Crippen LogP contribution in [0.2, 0.25) is 0 Å². The summed E-state index contributed by atoms with van der Waals surface area (Å²) in [6.07, 6.45) is 1.07. The number of ether oxygens (including phenoxy) is 1. The van der Waals surface area contributed by atoms with E-state index in [1.165, 1.54) is 5.56 Å². The van der Waals surface area contributed by atoms with Gasteiger partial charge in [-0.15, -0.1) is 0 Å². The second-order valence-corrected chi connectivity index (χ2v) is 5.29. The number of benzene rings is 2. The molecule has 2 aromatic carbocycles. The van der Waals surface area contributed by atoms with Crippen LogP contribution >= 0.6 is 15.9 Å². The largest absolute Gasteiger partial charge is 0.457 e. The Balaban J connectivity index is 2.08. The molecule has 1 N–H and O–H groups in total. The molecule has 0 radical (unpaired) electrons. The molecule has 3 heteroatoms. The summed E-state index contributed by atoms with van der Waals surface area (Å²) in [6.45, 7) is 2.17. The van der Waals surface area contributed by atoms with Crippen LogP contribution in [0.5, 0.6) is 11.5 Å². The van der Waals surface area contributed by atoms with Gasteiger partial charge in [-0.1, -0.05) is 35.0 Å². The summed E-state index contributed by atoms with van der Waals surface area (Å²) in [4.78, 5) is 0. The summed E-state index contributed by atoms with van der Waals surface area (Å²) in [5.74, 6) is 1.70. The molecule has 19 heavy (non-hydrogen) atoms. The molecule has 0 aromatic heterocycles. The van der Waals surface area contributed by atoms with E-state index in [-0.39, 0.29) is 0 Å². The van der Waals surface area contributed by atoms with Gasteiger partial charge < -0.3 is 10.1 Å². The molecule has 0 saturated carbocycles. The minimum Gasteiger partial charge on any atom is -0.457 e. The van der Waals surface area contributed by atoms with Crippen molar-refractivity contribution in [2.45, 2.75) is 19.4 Å². The van der Waals surface area contributed by atoms with Crippen molar-refractivity contribution in [2.24, 2.45) is 0 Å². The lowest BCUT2D eigenvalue weighted by atomic mass is 10.0. The molecule has 0 fully saturated rings. The third-order valence-corrected chi connectivity index (χ3v) is 3.62. The second kappa shape index (κ2) is 6.73. The molecule has 0 aliphatic carbocycles. The van der Waals surface area contributed by atoms with E-state index in [0.717, 1.165) is 22.4 Å². The lowest BCUT2D eigenvalue weighted by Gasteiger charge is -2.14. The maximum Gasteiger partial charge on any atom is 0.127 e. The number of hydrogen-bond donors (Lipinski definition) is 1. The first-order chi connectivity index (χ1) is 9.22. The highest BCUT2D eigenvalue weighted by atomic mass is 79.9. The first-order valence-corrected chi connectivity index (χ1v) is 7.23. The smallest absolute Gasteiger partial charge is 0.127 e. The third-order valence-electron chi connectivity index (χ3n) is 3.09. The lowest BCUT2D eigenvalue weighted by Crippen LogP contribution is -2.14. The molecule has 0 bridgehead atoms. The first kappa shape index (κ1) is 14.1. The molecule has 0 aliphatic rings. The summed E-state index contributed by atoms with van der Waals surface area (Å²) >= 11 is 3.41. The minimum absolute atomic E-state index is 0.404. The predicted octanol–water partition coefficient (Wildman–Crippen LogP) is 4.91. The Labute approximate surface area is 122 Å². The van der Waals surface area contributed by atoms with Crippen LogP contribution in [-0.4, -0.2) is 7.05 Å². The van der Waals surface area contributed by atoms with Gasteiger partial charge in [0.2, 0.25) is 0 Å². The monoisotopic (exact) mass is 319 g/mol. The average Bonchev–Trinajstić information content (AvgIpc) is 2.44. The van der Waals surface area contributed by atoms with E-state index in [2.05, 4.69) is 40.3 Å². The molecule has 2 nitrogen and oxygen atoms in total. The number of rotatable bonds is 5. The van der Waals surface area contributed by atoms with E-state index in [1.807, 2.05) is 43.4 Å². The van der Waals surface area contributed by atoms with Crippen LogP contribution in [0.25, 0.3) is 0 Å². The zero-order chi connectivity index (χ0) is 13.7. The number of hydrogen-bond acceptors (Lipinski definition) is 2. The fourth-order valence-electron chi connectivity index (χ4n) is 2.01. The molecule has 0 spiro atoms. The van der Waals surface area contributed by atoms with Crippen molar-refractivity contribution in [3.63, 3.8) is 0 Å². The van der Waals surface area contributed by atoms with Gasteiger partial charge in [0.25, 0.3) is 0 Å². The van der Waals surface area contributed by atoms with Crippen molar-refractivity contribution in [1.29, 1.82) is 0 Å². The zero-order valence-corrected chi connectivity index (χ0v) is 12.8. The van der Waals surface area contributed by atoms with Gasteiger partial charge in [-0.05, 0) is 55.4 Å². The number of halogens is 1. The van der Waals surface area contributed by atoms with E-state index in [4.69, 9.17) is 4.74 Å². The van der Waals surface area contributed by atoms with Crippen molar-refractivity contribution < 1.29 is 4.74 Å². The summed E-state index contributed by atoms with van der Waals surface area (Å²) in [6, 6.07) is 16.5. The quantitative estimate of drug-likeness (QED) is 0.845. The molecule has 0 amide bonds. The van der Waals surface area contributed by atoms with Crippen LogP contribution in [0.15, 0.2) is 53.0 Å². The fourth-order valence-corrected chi connectivity index (χ4v) is 2.28. The standard InChI is InChI=1S/C16H18BrNO/c1-3-16(18-2)12-4-8-14(9-5-12)19-15-10-6-13(17)7-11-15/h4-11,16,18H,3H2,1-2H3. The molecule has 0 aliphatic heterocycles. The van der Waals surface area contributed by atoms with Gasteiger partial charge in [-0.3, -0.25) is 0 Å². The highest BCUT2D eigenvalue weighted by Crippen LogP contribution is 2.25. The van der Waals surface area contributed by atoms with Gasteiger partial charge in [-0.2, -0.15) is 0 Å². The van der Waals surface area contributed by atoms with E-state index in [0.29, 0.717) is 6.04 Å². The maximum absolute atomic E-state index is 5.79. The summed E-state index contributed by atoms with van der Waals surface area (Å²) in [5.41, 5.74) is 1.29. The highest BCUT2D eigenvalue weighted by molar-refractivity contribution is 9.10. The van der Waals surface area contributed by atoms with Crippen LogP contribution in [0.1, 0.15) is 24.9 Å². The van der Waals surface area contributed by atoms with Gasteiger partial charge in [0.1, 0.15) is 11.5 Å². The Morgan fingerprint density at radius 3 is 2.00 bits per heavy atom. The molecule has 0 heterocycles. The van der Waals surface area contributed by atoms with E-state index < -0.39 is 0 Å². The molecule has 0 saturated heterocycles. The van der Waals surface area contributed by atoms with Crippen molar-refractivity contribution in [3.05, 3.63) is 58.6 Å². The molecule has 1 unspecified atom stereocenters. The van der Waals surface area contributed by atoms with Crippen LogP contribution < -0.4 is 10.1 Å². The Morgan fingerprint density at radius 2 is 1.53 bits per heavy atom. The molecule has 100 valence electrons. The topological polar surface area (TPSA) is 21.3 Å². The Morgan fingerprint density at radius 1 is 1.00 bits per heavy atom. The summed E-state index contributed by atoms with van der Waals surface area (Å²) in [7, 11) is 1.99. The Kier molecular flexibility index (Phi) is 5.00. The lowest BCUT2D eigenvalue weighted by molar-refractivity contribution is 0.481. The predicted molar refractivity (Wildman–Crippen MR) is 82.7 cm³/mol. The van der Waals surface area contributed by atoms with E-state index >= 15 is 0 Å². The van der Waals surface area contributed by atoms with Gasteiger partial charge in [0, 0.05) is 10.5 Å². The summed E-state index contributed by atoms with van der Waals surface area (Å²) < 4.78 is 6.85. The van der Waals surface area contributed by atoms with Crippen molar-refractivity contribution in [3.8, 4) is 11.5 Å². The normalized spacial score (nSPS) is 12.2. The Bertz CT molecular complexity index is 503. The Hall–Kier alpha value is -1.32. The SMILES string of the molecule is CCC(NC)c1ccc(Oc2ccc(Br)cc2)cc1. The van der Waals surface area contributed by atoms with Crippen molar-refractivity contribution in [2.75, 3.05) is 7.05 Å². The fraction of sp³-hybridized carbons (Fsp3) is 0.250. The molecular formula is C16H18BrNO. The highest BCUT2D eigenvalue weighted by Gasteiger charge is 2.06. The van der Waals surface area contributed by atoms with Crippen molar-refractivity contribution >= 4 is 15.9 Å². The van der Waals surface area contributed by atoms with E-state index in [1.54, 1.807) is 0 Å². The van der Waals surface area contributed by atoms with Crippen molar-refractivity contribution in [1.82, 2.24) is 5.32 Å². The minimum atomic E-state index is 0.404.